The number of ether oxygens (including phenoxy) is 4. The van der Waals surface area contributed by atoms with E-state index in [2.05, 4.69) is 19.2 Å². The predicted octanol–water partition coefficient (Wildman–Crippen LogP) is 3.31. The van der Waals surface area contributed by atoms with Gasteiger partial charge < -0.3 is 24.3 Å². The topological polar surface area (TPSA) is 66.0 Å². The van der Waals surface area contributed by atoms with Crippen LogP contribution in [0.15, 0.2) is 36.4 Å². The third-order valence-corrected chi connectivity index (χ3v) is 4.52. The molecule has 2 aromatic rings. The zero-order chi connectivity index (χ0) is 18.1. The van der Waals surface area contributed by atoms with Gasteiger partial charge in [0.2, 0.25) is 6.79 Å². The SMILES string of the molecule is CC(C)C(NC(=O)c1cccc2c1OCO2)c1ccc2c(c1)OCCO2. The van der Waals surface area contributed by atoms with Crippen LogP contribution in [0, 0.1) is 5.92 Å². The summed E-state index contributed by atoms with van der Waals surface area (Å²) in [4.78, 5) is 12.9. The second-order valence-electron chi connectivity index (χ2n) is 6.64. The summed E-state index contributed by atoms with van der Waals surface area (Å²) in [5.41, 5.74) is 1.45. The molecule has 1 N–H and O–H groups in total. The Morgan fingerprint density at radius 1 is 0.962 bits per heavy atom. The molecule has 0 saturated carbocycles. The lowest BCUT2D eigenvalue weighted by molar-refractivity contribution is 0.0920. The second-order valence-corrected chi connectivity index (χ2v) is 6.64. The van der Waals surface area contributed by atoms with Crippen LogP contribution in [0.5, 0.6) is 23.0 Å². The molecule has 6 nitrogen and oxygen atoms in total. The molecule has 0 aromatic heterocycles. The first-order chi connectivity index (χ1) is 12.6. The van der Waals surface area contributed by atoms with Crippen LogP contribution in [-0.4, -0.2) is 25.9 Å². The largest absolute Gasteiger partial charge is 0.486 e. The Hall–Kier alpha value is -2.89. The Kier molecular flexibility index (Phi) is 4.32. The minimum absolute atomic E-state index is 0.134. The van der Waals surface area contributed by atoms with Crippen molar-refractivity contribution in [2.45, 2.75) is 19.9 Å². The van der Waals surface area contributed by atoms with Crippen molar-refractivity contribution in [2.75, 3.05) is 20.0 Å². The van der Waals surface area contributed by atoms with Crippen LogP contribution in [0.4, 0.5) is 0 Å². The monoisotopic (exact) mass is 355 g/mol. The maximum Gasteiger partial charge on any atom is 0.255 e. The van der Waals surface area contributed by atoms with Crippen molar-refractivity contribution < 1.29 is 23.7 Å². The normalized spacial score (nSPS) is 15.7. The van der Waals surface area contributed by atoms with Gasteiger partial charge in [-0.3, -0.25) is 4.79 Å². The van der Waals surface area contributed by atoms with Gasteiger partial charge in [0, 0.05) is 0 Å². The Morgan fingerprint density at radius 3 is 2.58 bits per heavy atom. The second kappa shape index (κ2) is 6.78. The Labute approximate surface area is 152 Å². The lowest BCUT2D eigenvalue weighted by Crippen LogP contribution is -2.32. The van der Waals surface area contributed by atoms with Gasteiger partial charge in [-0.2, -0.15) is 0 Å². The lowest BCUT2D eigenvalue weighted by atomic mass is 9.95. The van der Waals surface area contributed by atoms with E-state index >= 15 is 0 Å². The molecule has 4 rings (SSSR count). The number of hydrogen-bond donors (Lipinski definition) is 1. The van der Waals surface area contributed by atoms with Gasteiger partial charge in [0.1, 0.15) is 13.2 Å². The van der Waals surface area contributed by atoms with Gasteiger partial charge in [0.15, 0.2) is 23.0 Å². The minimum Gasteiger partial charge on any atom is -0.486 e. The van der Waals surface area contributed by atoms with Crippen molar-refractivity contribution in [3.05, 3.63) is 47.5 Å². The van der Waals surface area contributed by atoms with Gasteiger partial charge in [-0.15, -0.1) is 0 Å². The fourth-order valence-electron chi connectivity index (χ4n) is 3.22. The average Bonchev–Trinajstić information content (AvgIpc) is 3.14. The highest BCUT2D eigenvalue weighted by Gasteiger charge is 2.26. The van der Waals surface area contributed by atoms with Crippen molar-refractivity contribution in [2.24, 2.45) is 5.92 Å². The summed E-state index contributed by atoms with van der Waals surface area (Å²) in [5.74, 6) is 2.54. The molecule has 26 heavy (non-hydrogen) atoms. The molecule has 6 heteroatoms. The number of benzene rings is 2. The van der Waals surface area contributed by atoms with Gasteiger partial charge in [0.25, 0.3) is 5.91 Å². The summed E-state index contributed by atoms with van der Waals surface area (Å²) in [5, 5.41) is 3.11. The van der Waals surface area contributed by atoms with Crippen LogP contribution in [-0.2, 0) is 0 Å². The third kappa shape index (κ3) is 3.03. The van der Waals surface area contributed by atoms with Crippen molar-refractivity contribution >= 4 is 5.91 Å². The maximum absolute atomic E-state index is 12.9. The Bertz CT molecular complexity index is 833. The number of para-hydroxylation sites is 1. The Balaban J connectivity index is 1.60. The zero-order valence-electron chi connectivity index (χ0n) is 14.8. The first kappa shape index (κ1) is 16.6. The van der Waals surface area contributed by atoms with Crippen molar-refractivity contribution in [3.8, 4) is 23.0 Å². The molecule has 0 bridgehead atoms. The Morgan fingerprint density at radius 2 is 1.77 bits per heavy atom. The quantitative estimate of drug-likeness (QED) is 0.911. The maximum atomic E-state index is 12.9. The summed E-state index contributed by atoms with van der Waals surface area (Å²) < 4.78 is 22.1. The van der Waals surface area contributed by atoms with Crippen molar-refractivity contribution in [3.63, 3.8) is 0 Å². The van der Waals surface area contributed by atoms with E-state index in [4.69, 9.17) is 18.9 Å². The molecule has 1 atom stereocenters. The highest BCUT2D eigenvalue weighted by molar-refractivity contribution is 5.98. The summed E-state index contributed by atoms with van der Waals surface area (Å²) in [6, 6.07) is 10.9. The molecular weight excluding hydrogens is 334 g/mol. The fraction of sp³-hybridized carbons (Fsp3) is 0.350. The minimum atomic E-state index is -0.194. The summed E-state index contributed by atoms with van der Waals surface area (Å²) in [7, 11) is 0. The zero-order valence-corrected chi connectivity index (χ0v) is 14.8. The highest BCUT2D eigenvalue weighted by atomic mass is 16.7. The van der Waals surface area contributed by atoms with E-state index in [9.17, 15) is 4.79 Å². The number of hydrogen-bond acceptors (Lipinski definition) is 5. The van der Waals surface area contributed by atoms with Crippen LogP contribution in [0.1, 0.15) is 35.8 Å². The van der Waals surface area contributed by atoms with E-state index in [1.807, 2.05) is 18.2 Å². The van der Waals surface area contributed by atoms with E-state index < -0.39 is 0 Å². The van der Waals surface area contributed by atoms with E-state index in [1.165, 1.54) is 0 Å². The first-order valence-electron chi connectivity index (χ1n) is 8.72. The summed E-state index contributed by atoms with van der Waals surface area (Å²) in [6.07, 6.45) is 0. The van der Waals surface area contributed by atoms with Crippen LogP contribution in [0.3, 0.4) is 0 Å². The summed E-state index contributed by atoms with van der Waals surface area (Å²) in [6.45, 7) is 5.35. The molecule has 0 radical (unpaired) electrons. The molecule has 1 amide bonds. The number of nitrogens with one attached hydrogen (secondary N) is 1. The van der Waals surface area contributed by atoms with Crippen LogP contribution in [0.2, 0.25) is 0 Å². The number of amides is 1. The number of carbonyl (C=O) groups is 1. The number of carbonyl (C=O) groups excluding carboxylic acids is 1. The van der Waals surface area contributed by atoms with Gasteiger partial charge in [-0.25, -0.2) is 0 Å². The fourth-order valence-corrected chi connectivity index (χ4v) is 3.22. The number of rotatable bonds is 4. The average molecular weight is 355 g/mol. The molecule has 0 fully saturated rings. The lowest BCUT2D eigenvalue weighted by Gasteiger charge is -2.25. The van der Waals surface area contributed by atoms with Gasteiger partial charge in [-0.05, 0) is 35.7 Å². The first-order valence-corrected chi connectivity index (χ1v) is 8.72. The van der Waals surface area contributed by atoms with Crippen molar-refractivity contribution in [1.29, 1.82) is 0 Å². The smallest absolute Gasteiger partial charge is 0.255 e. The van der Waals surface area contributed by atoms with Crippen LogP contribution >= 0.6 is 0 Å². The molecule has 1 unspecified atom stereocenters. The highest BCUT2D eigenvalue weighted by Crippen LogP contribution is 2.37. The van der Waals surface area contributed by atoms with Crippen molar-refractivity contribution in [1.82, 2.24) is 5.32 Å². The summed E-state index contributed by atoms with van der Waals surface area (Å²) >= 11 is 0. The van der Waals surface area contributed by atoms with Gasteiger partial charge in [-0.1, -0.05) is 26.0 Å². The molecule has 136 valence electrons. The molecule has 2 heterocycles. The molecule has 0 aliphatic carbocycles. The van der Waals surface area contributed by atoms with Gasteiger partial charge in [0.05, 0.1) is 11.6 Å². The van der Waals surface area contributed by atoms with E-state index in [0.717, 1.165) is 11.3 Å². The van der Waals surface area contributed by atoms with Crippen LogP contribution < -0.4 is 24.3 Å². The molecule has 0 saturated heterocycles. The van der Waals surface area contributed by atoms with E-state index in [0.29, 0.717) is 36.0 Å². The molecule has 2 aliphatic heterocycles. The standard InChI is InChI=1S/C20H21NO5/c1-12(2)18(13-6-7-15-17(10-13)24-9-8-23-15)21-20(22)14-4-3-5-16-19(14)26-11-25-16/h3-7,10,12,18H,8-9,11H2,1-2H3,(H,21,22). The van der Waals surface area contributed by atoms with E-state index in [1.54, 1.807) is 18.2 Å². The number of fused-ring (bicyclic) bond motifs is 2. The third-order valence-electron chi connectivity index (χ3n) is 4.52. The predicted molar refractivity (Wildman–Crippen MR) is 95.0 cm³/mol. The molecule has 2 aromatic carbocycles. The van der Waals surface area contributed by atoms with E-state index in [-0.39, 0.29) is 24.7 Å². The molecule has 2 aliphatic rings. The molecular formula is C20H21NO5. The van der Waals surface area contributed by atoms with Gasteiger partial charge >= 0.3 is 0 Å². The van der Waals surface area contributed by atoms with Crippen LogP contribution in [0.25, 0.3) is 0 Å². The molecule has 0 spiro atoms.